The lowest BCUT2D eigenvalue weighted by Crippen LogP contribution is -2.66. The van der Waals surface area contributed by atoms with Gasteiger partial charge in [0.05, 0.1) is 17.6 Å². The predicted molar refractivity (Wildman–Crippen MR) is 131 cm³/mol. The summed E-state index contributed by atoms with van der Waals surface area (Å²) in [6.07, 6.45) is -2.51. The lowest BCUT2D eigenvalue weighted by Gasteiger charge is -2.51. The molecule has 2 N–H and O–H groups in total. The van der Waals surface area contributed by atoms with E-state index in [2.05, 4.69) is 5.32 Å². The van der Waals surface area contributed by atoms with Crippen LogP contribution in [0, 0.1) is 22.2 Å². The molecule has 0 bridgehead atoms. The number of carbonyl (C=O) groups is 4. The molecule has 1 aromatic carbocycles. The van der Waals surface area contributed by atoms with Crippen LogP contribution in [0.3, 0.4) is 0 Å². The summed E-state index contributed by atoms with van der Waals surface area (Å²) in [6.45, 7) is 7.33. The number of piperidine rings is 1. The SMILES string of the molecule is CC(C)(C)[C@]1(O)C[C@@H]2OC(=O)C[C@@]23C(=O)O[C@@H]2N(CC4CCNCC4)C(=O)[C@@H](OC(=O)c4ccccc4)C213. The van der Waals surface area contributed by atoms with Gasteiger partial charge in [0.15, 0.2) is 12.3 Å². The van der Waals surface area contributed by atoms with Crippen LogP contribution >= 0.6 is 0 Å². The maximum absolute atomic E-state index is 14.3. The van der Waals surface area contributed by atoms with Crippen LogP contribution < -0.4 is 5.32 Å². The van der Waals surface area contributed by atoms with Crippen LogP contribution in [0.1, 0.15) is 56.8 Å². The van der Waals surface area contributed by atoms with Gasteiger partial charge in [0.2, 0.25) is 0 Å². The summed E-state index contributed by atoms with van der Waals surface area (Å²) in [5.41, 5.74) is -5.80. The summed E-state index contributed by atoms with van der Waals surface area (Å²) >= 11 is 0. The van der Waals surface area contributed by atoms with Gasteiger partial charge >= 0.3 is 17.9 Å². The van der Waals surface area contributed by atoms with Crippen molar-refractivity contribution in [3.05, 3.63) is 35.9 Å². The zero-order chi connectivity index (χ0) is 27.1. The zero-order valence-electron chi connectivity index (χ0n) is 21.9. The molecule has 0 aromatic heterocycles. The second-order valence-corrected chi connectivity index (χ2v) is 12.4. The van der Waals surface area contributed by atoms with Gasteiger partial charge in [-0.05, 0) is 49.4 Å². The Balaban J connectivity index is 1.53. The van der Waals surface area contributed by atoms with E-state index in [4.69, 9.17) is 14.2 Å². The lowest BCUT2D eigenvalue weighted by atomic mass is 9.52. The summed E-state index contributed by atoms with van der Waals surface area (Å²) in [6, 6.07) is 8.27. The second kappa shape index (κ2) is 8.26. The average Bonchev–Trinajstić information content (AvgIpc) is 3.49. The molecule has 5 fully saturated rings. The number of hydrogen-bond acceptors (Lipinski definition) is 9. The Labute approximate surface area is 221 Å². The van der Waals surface area contributed by atoms with E-state index >= 15 is 0 Å². The molecule has 4 heterocycles. The van der Waals surface area contributed by atoms with E-state index in [1.165, 1.54) is 4.90 Å². The fourth-order valence-electron chi connectivity index (χ4n) is 7.87. The van der Waals surface area contributed by atoms with Gasteiger partial charge in [-0.25, -0.2) is 4.79 Å². The van der Waals surface area contributed by atoms with Crippen molar-refractivity contribution in [3.63, 3.8) is 0 Å². The number of ether oxygens (including phenoxy) is 3. The topological polar surface area (TPSA) is 131 Å². The molecule has 6 atom stereocenters. The van der Waals surface area contributed by atoms with Gasteiger partial charge in [-0.2, -0.15) is 0 Å². The minimum atomic E-state index is -1.75. The molecule has 1 unspecified atom stereocenters. The van der Waals surface area contributed by atoms with Crippen molar-refractivity contribution in [1.29, 1.82) is 0 Å². The van der Waals surface area contributed by atoms with Crippen molar-refractivity contribution in [2.45, 2.75) is 70.5 Å². The highest BCUT2D eigenvalue weighted by molar-refractivity contribution is 5.99. The molecular weight excluding hydrogens is 492 g/mol. The van der Waals surface area contributed by atoms with E-state index in [0.29, 0.717) is 0 Å². The highest BCUT2D eigenvalue weighted by atomic mass is 16.6. The number of nitrogens with zero attached hydrogens (tertiary/aromatic N) is 1. The Morgan fingerprint density at radius 2 is 1.82 bits per heavy atom. The Bertz CT molecular complexity index is 1190. The maximum Gasteiger partial charge on any atom is 0.338 e. The first-order chi connectivity index (χ1) is 18.0. The van der Waals surface area contributed by atoms with Crippen LogP contribution in [0.5, 0.6) is 0 Å². The molecule has 0 radical (unpaired) electrons. The number of benzene rings is 1. The minimum Gasteiger partial charge on any atom is -0.461 e. The van der Waals surface area contributed by atoms with E-state index < -0.39 is 64.1 Å². The third kappa shape index (κ3) is 3.01. The van der Waals surface area contributed by atoms with Gasteiger partial charge < -0.3 is 29.5 Å². The third-order valence-corrected chi connectivity index (χ3v) is 9.72. The van der Waals surface area contributed by atoms with Gasteiger partial charge in [-0.1, -0.05) is 39.0 Å². The van der Waals surface area contributed by atoms with Gasteiger partial charge in [0, 0.05) is 13.0 Å². The molecule has 4 saturated heterocycles. The highest BCUT2D eigenvalue weighted by Gasteiger charge is 2.93. The van der Waals surface area contributed by atoms with E-state index in [9.17, 15) is 24.3 Å². The average molecular weight is 527 g/mol. The molecule has 204 valence electrons. The summed E-state index contributed by atoms with van der Waals surface area (Å²) in [7, 11) is 0. The normalized spacial score (nSPS) is 38.5. The first kappa shape index (κ1) is 25.3. The summed E-state index contributed by atoms with van der Waals surface area (Å²) in [4.78, 5) is 55.7. The van der Waals surface area contributed by atoms with Crippen molar-refractivity contribution in [2.75, 3.05) is 19.6 Å². The fourth-order valence-corrected chi connectivity index (χ4v) is 7.87. The molecule has 10 heteroatoms. The Morgan fingerprint density at radius 3 is 2.47 bits per heavy atom. The Morgan fingerprint density at radius 1 is 1.13 bits per heavy atom. The monoisotopic (exact) mass is 526 g/mol. The van der Waals surface area contributed by atoms with Crippen molar-refractivity contribution < 1.29 is 38.5 Å². The number of rotatable bonds is 4. The molecule has 1 saturated carbocycles. The zero-order valence-corrected chi connectivity index (χ0v) is 21.9. The first-order valence-electron chi connectivity index (χ1n) is 13.4. The Hall–Kier alpha value is -2.98. The Kier molecular flexibility index (Phi) is 5.50. The predicted octanol–water partition coefficient (Wildman–Crippen LogP) is 1.41. The molecular formula is C28H34N2O8. The second-order valence-electron chi connectivity index (χ2n) is 12.4. The number of amides is 1. The number of likely N-dealkylation sites (tertiary alicyclic amines) is 1. The largest absolute Gasteiger partial charge is 0.461 e. The molecule has 2 spiro atoms. The molecule has 5 aliphatic rings. The molecule has 6 rings (SSSR count). The van der Waals surface area contributed by atoms with E-state index in [1.807, 2.05) is 20.8 Å². The van der Waals surface area contributed by atoms with E-state index in [-0.39, 0.29) is 30.9 Å². The van der Waals surface area contributed by atoms with Gasteiger partial charge in [-0.15, -0.1) is 0 Å². The first-order valence-corrected chi connectivity index (χ1v) is 13.4. The summed E-state index contributed by atoms with van der Waals surface area (Å²) < 4.78 is 17.7. The van der Waals surface area contributed by atoms with Crippen molar-refractivity contribution in [3.8, 4) is 0 Å². The molecule has 4 aliphatic heterocycles. The molecule has 10 nitrogen and oxygen atoms in total. The number of aliphatic hydroxyl groups is 1. The van der Waals surface area contributed by atoms with Gasteiger partial charge in [0.25, 0.3) is 5.91 Å². The van der Waals surface area contributed by atoms with Crippen LogP contribution in [0.4, 0.5) is 0 Å². The molecule has 1 aliphatic carbocycles. The van der Waals surface area contributed by atoms with Crippen molar-refractivity contribution in [2.24, 2.45) is 22.2 Å². The quantitative estimate of drug-likeness (QED) is 0.442. The van der Waals surface area contributed by atoms with E-state index in [0.717, 1.165) is 25.9 Å². The highest BCUT2D eigenvalue weighted by Crippen LogP contribution is 2.76. The number of nitrogens with one attached hydrogen (secondary N) is 1. The molecule has 1 aromatic rings. The third-order valence-electron chi connectivity index (χ3n) is 9.72. The maximum atomic E-state index is 14.3. The van der Waals surface area contributed by atoms with Crippen LogP contribution in [0.25, 0.3) is 0 Å². The summed E-state index contributed by atoms with van der Waals surface area (Å²) in [5, 5.41) is 16.0. The van der Waals surface area contributed by atoms with Crippen LogP contribution in [0.2, 0.25) is 0 Å². The minimum absolute atomic E-state index is 0.0678. The lowest BCUT2D eigenvalue weighted by molar-refractivity contribution is -0.212. The van der Waals surface area contributed by atoms with Crippen molar-refractivity contribution >= 4 is 23.8 Å². The number of carbonyl (C=O) groups excluding carboxylic acids is 4. The van der Waals surface area contributed by atoms with E-state index in [1.54, 1.807) is 30.3 Å². The smallest absolute Gasteiger partial charge is 0.338 e. The van der Waals surface area contributed by atoms with Gasteiger partial charge in [0.1, 0.15) is 16.9 Å². The van der Waals surface area contributed by atoms with Crippen LogP contribution in [-0.2, 0) is 28.6 Å². The number of hydrogen-bond donors (Lipinski definition) is 2. The molecule has 1 amide bonds. The standard InChI is InChI=1S/C28H34N2O8/c1-25(2,3)27(35)13-18-26(14-19(31)36-18)24(34)38-23-28(26,27)20(37-22(33)17-7-5-4-6-8-17)21(32)30(23)15-16-9-11-29-12-10-16/h4-8,16,18,20,23,29,35H,9-15H2,1-3H3/t18-,20+,23-,26-,27+,28?/m0/s1. The van der Waals surface area contributed by atoms with Crippen LogP contribution in [0.15, 0.2) is 30.3 Å². The van der Waals surface area contributed by atoms with Crippen LogP contribution in [-0.4, -0.2) is 77.5 Å². The number of esters is 3. The van der Waals surface area contributed by atoms with Gasteiger partial charge in [-0.3, -0.25) is 14.4 Å². The molecule has 38 heavy (non-hydrogen) atoms. The summed E-state index contributed by atoms with van der Waals surface area (Å²) in [5.74, 6) is -2.42. The fraction of sp³-hybridized carbons (Fsp3) is 0.643. The van der Waals surface area contributed by atoms with Crippen molar-refractivity contribution in [1.82, 2.24) is 10.2 Å².